The van der Waals surface area contributed by atoms with Crippen molar-refractivity contribution in [3.05, 3.63) is 29.6 Å². The Balaban J connectivity index is 2.75. The van der Waals surface area contributed by atoms with Gasteiger partial charge in [-0.25, -0.2) is 9.18 Å². The third-order valence-electron chi connectivity index (χ3n) is 3.01. The molecule has 0 aliphatic rings. The van der Waals surface area contributed by atoms with Crippen molar-refractivity contribution in [3.63, 3.8) is 0 Å². The summed E-state index contributed by atoms with van der Waals surface area (Å²) >= 11 is 5.40. The predicted molar refractivity (Wildman–Crippen MR) is 88.9 cm³/mol. The Morgan fingerprint density at radius 1 is 1.25 bits per heavy atom. The molecule has 0 saturated carbocycles. The summed E-state index contributed by atoms with van der Waals surface area (Å²) in [5, 5.41) is 0. The average Bonchev–Trinajstić information content (AvgIpc) is 2.52. The second kappa shape index (κ2) is 10.5. The van der Waals surface area contributed by atoms with Crippen LogP contribution in [0.25, 0.3) is 0 Å². The fourth-order valence-electron chi connectivity index (χ4n) is 1.82. The van der Waals surface area contributed by atoms with E-state index in [0.717, 1.165) is 18.9 Å². The molecule has 0 fully saturated rings. The van der Waals surface area contributed by atoms with E-state index in [1.807, 2.05) is 6.92 Å². The van der Waals surface area contributed by atoms with Crippen molar-refractivity contribution in [2.45, 2.75) is 39.4 Å². The molecule has 0 spiro atoms. The largest absolute Gasteiger partial charge is 0.490 e. The third-order valence-corrected chi connectivity index (χ3v) is 3.16. The lowest BCUT2D eigenvalue weighted by atomic mass is 10.2. The van der Waals surface area contributed by atoms with Gasteiger partial charge in [0.1, 0.15) is 29.8 Å². The quantitative estimate of drug-likeness (QED) is 0.256. The van der Waals surface area contributed by atoms with Gasteiger partial charge in [-0.3, -0.25) is 0 Å². The Morgan fingerprint density at radius 2 is 2.00 bits per heavy atom. The van der Waals surface area contributed by atoms with Gasteiger partial charge in [-0.15, -0.1) is 0 Å². The molecule has 1 aromatic rings. The fraction of sp³-hybridized carbons (Fsp3) is 0.588. The Bertz CT molecular complexity index is 522. The van der Waals surface area contributed by atoms with Gasteiger partial charge in [0.15, 0.2) is 0 Å². The van der Waals surface area contributed by atoms with Crippen LogP contribution >= 0.6 is 11.6 Å². The molecule has 0 aliphatic carbocycles. The standard InChI is InChI=1S/C17H24ClFO5/c1-4-5-8-23-17(2,3)24-16(20)14-11-13(19)6-7-15(14)22-10-9-21-12-18/h6-7,11H,4-5,8-10,12H2,1-3H3. The number of unbranched alkanes of at least 4 members (excludes halogenated alkanes) is 1. The maximum absolute atomic E-state index is 13.5. The lowest BCUT2D eigenvalue weighted by Crippen LogP contribution is -2.32. The molecule has 5 nitrogen and oxygen atoms in total. The van der Waals surface area contributed by atoms with E-state index in [0.29, 0.717) is 6.61 Å². The molecule has 1 rings (SSSR count). The van der Waals surface area contributed by atoms with Crippen LogP contribution in [0.4, 0.5) is 4.39 Å². The van der Waals surface area contributed by atoms with Gasteiger partial charge in [-0.05, 0) is 24.6 Å². The lowest BCUT2D eigenvalue weighted by molar-refractivity contribution is -0.179. The number of carbonyl (C=O) groups excluding carboxylic acids is 1. The molecule has 0 aliphatic heterocycles. The number of benzene rings is 1. The van der Waals surface area contributed by atoms with Gasteiger partial charge < -0.3 is 18.9 Å². The van der Waals surface area contributed by atoms with Crippen molar-refractivity contribution < 1.29 is 28.1 Å². The third kappa shape index (κ3) is 7.47. The van der Waals surface area contributed by atoms with Crippen molar-refractivity contribution in [1.82, 2.24) is 0 Å². The number of carbonyl (C=O) groups is 1. The van der Waals surface area contributed by atoms with Crippen molar-refractivity contribution in [2.24, 2.45) is 0 Å². The summed E-state index contributed by atoms with van der Waals surface area (Å²) in [6, 6.07) is 3.70. The van der Waals surface area contributed by atoms with E-state index >= 15 is 0 Å². The van der Waals surface area contributed by atoms with E-state index in [2.05, 4.69) is 0 Å². The number of hydrogen-bond donors (Lipinski definition) is 0. The topological polar surface area (TPSA) is 54.0 Å². The Hall–Kier alpha value is -1.37. The Morgan fingerprint density at radius 3 is 2.67 bits per heavy atom. The van der Waals surface area contributed by atoms with Crippen molar-refractivity contribution >= 4 is 17.6 Å². The average molecular weight is 363 g/mol. The molecular formula is C17H24ClFO5. The van der Waals surface area contributed by atoms with Crippen LogP contribution in [0.15, 0.2) is 18.2 Å². The fourth-order valence-corrected chi connectivity index (χ4v) is 1.93. The molecule has 1 aromatic carbocycles. The summed E-state index contributed by atoms with van der Waals surface area (Å²) in [5.41, 5.74) is -0.00644. The van der Waals surface area contributed by atoms with E-state index in [1.165, 1.54) is 12.1 Å². The molecule has 7 heteroatoms. The van der Waals surface area contributed by atoms with E-state index in [1.54, 1.807) is 13.8 Å². The summed E-state index contributed by atoms with van der Waals surface area (Å²) < 4.78 is 34.7. The molecule has 0 aromatic heterocycles. The lowest BCUT2D eigenvalue weighted by Gasteiger charge is -2.25. The summed E-state index contributed by atoms with van der Waals surface area (Å²) in [7, 11) is 0. The van der Waals surface area contributed by atoms with Crippen LogP contribution in [0.1, 0.15) is 44.0 Å². The monoisotopic (exact) mass is 362 g/mol. The number of rotatable bonds is 11. The number of alkyl halides is 1. The minimum Gasteiger partial charge on any atom is -0.490 e. The molecule has 0 unspecified atom stereocenters. The van der Waals surface area contributed by atoms with Crippen molar-refractivity contribution in [1.29, 1.82) is 0 Å². The molecule has 0 radical (unpaired) electrons. The predicted octanol–water partition coefficient (Wildman–Crippen LogP) is 4.13. The zero-order valence-corrected chi connectivity index (χ0v) is 15.0. The first-order chi connectivity index (χ1) is 11.4. The van der Waals surface area contributed by atoms with Gasteiger partial charge in [0.25, 0.3) is 0 Å². The van der Waals surface area contributed by atoms with Gasteiger partial charge >= 0.3 is 5.97 Å². The van der Waals surface area contributed by atoms with Gasteiger partial charge in [0, 0.05) is 13.8 Å². The normalized spacial score (nSPS) is 11.4. The van der Waals surface area contributed by atoms with Crippen LogP contribution in [0, 0.1) is 5.82 Å². The highest BCUT2D eigenvalue weighted by atomic mass is 35.5. The van der Waals surface area contributed by atoms with Crippen LogP contribution in [-0.2, 0) is 14.2 Å². The summed E-state index contributed by atoms with van der Waals surface area (Å²) in [5.74, 6) is -2.18. The summed E-state index contributed by atoms with van der Waals surface area (Å²) in [6.45, 7) is 6.20. The first-order valence-corrected chi connectivity index (χ1v) is 8.36. The van der Waals surface area contributed by atoms with E-state index in [-0.39, 0.29) is 30.6 Å². The highest BCUT2D eigenvalue weighted by Gasteiger charge is 2.26. The van der Waals surface area contributed by atoms with Gasteiger partial charge in [0.05, 0.1) is 13.2 Å². The maximum atomic E-state index is 13.5. The molecule has 0 atom stereocenters. The molecule has 0 saturated heterocycles. The summed E-state index contributed by atoms with van der Waals surface area (Å²) in [4.78, 5) is 12.4. The van der Waals surface area contributed by atoms with Crippen LogP contribution in [0.3, 0.4) is 0 Å². The maximum Gasteiger partial charge on any atom is 0.344 e. The molecule has 0 N–H and O–H groups in total. The van der Waals surface area contributed by atoms with Gasteiger partial charge in [-0.2, -0.15) is 0 Å². The van der Waals surface area contributed by atoms with Crippen molar-refractivity contribution in [3.8, 4) is 5.75 Å². The Labute approximate surface area is 147 Å². The minimum atomic E-state index is -1.11. The molecule has 24 heavy (non-hydrogen) atoms. The second-order valence-corrected chi connectivity index (χ2v) is 5.72. The highest BCUT2D eigenvalue weighted by Crippen LogP contribution is 2.24. The molecular weight excluding hydrogens is 339 g/mol. The van der Waals surface area contributed by atoms with Crippen LogP contribution < -0.4 is 4.74 Å². The SMILES string of the molecule is CCCCOC(C)(C)OC(=O)c1cc(F)ccc1OCCOCCl. The second-order valence-electron chi connectivity index (χ2n) is 5.50. The van der Waals surface area contributed by atoms with Crippen LogP contribution in [0.5, 0.6) is 5.75 Å². The highest BCUT2D eigenvalue weighted by molar-refractivity contribution is 6.17. The van der Waals surface area contributed by atoms with E-state index in [4.69, 9.17) is 30.5 Å². The number of ether oxygens (including phenoxy) is 4. The smallest absolute Gasteiger partial charge is 0.344 e. The van der Waals surface area contributed by atoms with Gasteiger partial charge in [0.2, 0.25) is 5.79 Å². The number of hydrogen-bond acceptors (Lipinski definition) is 5. The molecule has 0 bridgehead atoms. The van der Waals surface area contributed by atoms with Crippen LogP contribution in [0.2, 0.25) is 0 Å². The van der Waals surface area contributed by atoms with Gasteiger partial charge in [-0.1, -0.05) is 24.9 Å². The number of halogens is 2. The zero-order chi connectivity index (χ0) is 18.0. The first kappa shape index (κ1) is 20.7. The van der Waals surface area contributed by atoms with Crippen LogP contribution in [-0.4, -0.2) is 37.6 Å². The van der Waals surface area contributed by atoms with Crippen molar-refractivity contribution in [2.75, 3.05) is 25.9 Å². The zero-order valence-electron chi connectivity index (χ0n) is 14.3. The van der Waals surface area contributed by atoms with E-state index < -0.39 is 17.6 Å². The summed E-state index contributed by atoms with van der Waals surface area (Å²) in [6.07, 6.45) is 1.83. The Kier molecular flexibility index (Phi) is 9.03. The minimum absolute atomic E-state index is 0.00644. The first-order valence-electron chi connectivity index (χ1n) is 7.83. The molecule has 0 heterocycles. The molecule has 136 valence electrons. The van der Waals surface area contributed by atoms with E-state index in [9.17, 15) is 9.18 Å². The molecule has 0 amide bonds. The number of esters is 1.